The third kappa shape index (κ3) is 13.3. The zero-order valence-electron chi connectivity index (χ0n) is 42.2. The van der Waals surface area contributed by atoms with E-state index < -0.39 is 0 Å². The summed E-state index contributed by atoms with van der Waals surface area (Å²) < 4.78 is 0. The van der Waals surface area contributed by atoms with E-state index >= 15 is 0 Å². The summed E-state index contributed by atoms with van der Waals surface area (Å²) >= 11 is 0. The van der Waals surface area contributed by atoms with Crippen LogP contribution in [0.5, 0.6) is 0 Å². The highest BCUT2D eigenvalue weighted by atomic mass is 16.2. The molecular formula is C57H62N12O4. The van der Waals surface area contributed by atoms with Gasteiger partial charge in [0.15, 0.2) is 0 Å². The summed E-state index contributed by atoms with van der Waals surface area (Å²) in [4.78, 5) is 75.4. The fraction of sp³-hybridized carbons (Fsp3) is 0.333. The van der Waals surface area contributed by atoms with Crippen molar-refractivity contribution in [2.24, 2.45) is 0 Å². The van der Waals surface area contributed by atoms with Gasteiger partial charge < -0.3 is 30.7 Å². The first-order chi connectivity index (χ1) is 35.5. The molecule has 374 valence electrons. The van der Waals surface area contributed by atoms with E-state index in [-0.39, 0.29) is 35.5 Å². The molecule has 3 aliphatic heterocycles. The first kappa shape index (κ1) is 52.3. The molecule has 3 N–H and O–H groups in total. The van der Waals surface area contributed by atoms with Crippen LogP contribution in [0.1, 0.15) is 140 Å². The lowest BCUT2D eigenvalue weighted by atomic mass is 9.92. The largest absolute Gasteiger partial charge is 0.370 e. The Kier molecular flexibility index (Phi) is 18.0. The summed E-state index contributed by atoms with van der Waals surface area (Å²) in [5.74, 6) is 1.53. The van der Waals surface area contributed by atoms with E-state index in [1.54, 1.807) is 67.1 Å². The van der Waals surface area contributed by atoms with Crippen molar-refractivity contribution < 1.29 is 19.2 Å². The van der Waals surface area contributed by atoms with Crippen molar-refractivity contribution in [1.29, 1.82) is 10.5 Å². The third-order valence-corrected chi connectivity index (χ3v) is 13.3. The van der Waals surface area contributed by atoms with Gasteiger partial charge in [-0.2, -0.15) is 10.5 Å². The highest BCUT2D eigenvalue weighted by Crippen LogP contribution is 2.30. The van der Waals surface area contributed by atoms with Gasteiger partial charge in [-0.3, -0.25) is 29.1 Å². The number of aromatic nitrogens is 4. The highest BCUT2D eigenvalue weighted by Gasteiger charge is 2.28. The molecule has 3 saturated heterocycles. The number of amides is 4. The second-order valence-corrected chi connectivity index (χ2v) is 18.0. The lowest BCUT2D eigenvalue weighted by molar-refractivity contribution is 0.0704. The zero-order valence-corrected chi connectivity index (χ0v) is 42.2. The van der Waals surface area contributed by atoms with Gasteiger partial charge in [-0.15, -0.1) is 0 Å². The van der Waals surface area contributed by atoms with Crippen molar-refractivity contribution in [3.05, 3.63) is 166 Å². The molecule has 16 heteroatoms. The Morgan fingerprint density at radius 2 is 1.01 bits per heavy atom. The fourth-order valence-corrected chi connectivity index (χ4v) is 8.78. The number of anilines is 4. The third-order valence-electron chi connectivity index (χ3n) is 13.3. The second kappa shape index (κ2) is 25.1. The molecule has 3 aliphatic rings. The van der Waals surface area contributed by atoms with Gasteiger partial charge in [0.25, 0.3) is 23.6 Å². The van der Waals surface area contributed by atoms with Crippen molar-refractivity contribution in [2.45, 2.75) is 78.6 Å². The Labute approximate surface area is 427 Å². The highest BCUT2D eigenvalue weighted by molar-refractivity contribution is 6.06. The summed E-state index contributed by atoms with van der Waals surface area (Å²) in [6.45, 7) is 15.1. The van der Waals surface area contributed by atoms with Crippen LogP contribution in [0.4, 0.5) is 23.0 Å². The molecule has 3 fully saturated rings. The molecule has 0 bridgehead atoms. The van der Waals surface area contributed by atoms with Crippen LogP contribution in [0.3, 0.4) is 0 Å². The number of nitrogens with one attached hydrogen (secondary N) is 3. The van der Waals surface area contributed by atoms with E-state index in [0.29, 0.717) is 76.8 Å². The fourth-order valence-electron chi connectivity index (χ4n) is 8.78. The van der Waals surface area contributed by atoms with E-state index in [9.17, 15) is 19.2 Å². The number of likely N-dealkylation sites (tertiary alicyclic amines) is 2. The van der Waals surface area contributed by atoms with Crippen LogP contribution in [-0.2, 0) is 0 Å². The van der Waals surface area contributed by atoms with Gasteiger partial charge in [0.1, 0.15) is 23.8 Å². The van der Waals surface area contributed by atoms with Gasteiger partial charge in [0, 0.05) is 116 Å². The molecule has 2 aromatic carbocycles. The molecule has 0 atom stereocenters. The van der Waals surface area contributed by atoms with Gasteiger partial charge in [0.2, 0.25) is 0 Å². The van der Waals surface area contributed by atoms with Crippen molar-refractivity contribution in [3.63, 3.8) is 0 Å². The summed E-state index contributed by atoms with van der Waals surface area (Å²) in [5, 5.41) is 26.9. The first-order valence-electron chi connectivity index (χ1n) is 25.1. The molecule has 7 heterocycles. The van der Waals surface area contributed by atoms with Crippen molar-refractivity contribution in [2.75, 3.05) is 66.7 Å². The van der Waals surface area contributed by atoms with Gasteiger partial charge in [0.05, 0.1) is 22.3 Å². The van der Waals surface area contributed by atoms with Crippen molar-refractivity contribution in [3.8, 4) is 12.1 Å². The minimum absolute atomic E-state index is 0.0442. The Morgan fingerprint density at radius 1 is 0.562 bits per heavy atom. The summed E-state index contributed by atoms with van der Waals surface area (Å²) in [7, 11) is 0. The van der Waals surface area contributed by atoms with Gasteiger partial charge in [-0.1, -0.05) is 26.0 Å². The molecule has 0 saturated carbocycles. The van der Waals surface area contributed by atoms with Crippen molar-refractivity contribution in [1.82, 2.24) is 29.7 Å². The van der Waals surface area contributed by atoms with Crippen LogP contribution in [0.25, 0.3) is 0 Å². The van der Waals surface area contributed by atoms with Gasteiger partial charge >= 0.3 is 0 Å². The molecule has 0 unspecified atom stereocenters. The first-order valence-corrected chi connectivity index (χ1v) is 25.1. The number of rotatable bonds is 11. The number of hydrogen-bond acceptors (Lipinski definition) is 12. The number of piperidine rings is 2. The minimum Gasteiger partial charge on any atom is -0.370 e. The van der Waals surface area contributed by atoms with Crippen LogP contribution in [0, 0.1) is 36.5 Å². The molecule has 4 aromatic heterocycles. The predicted molar refractivity (Wildman–Crippen MR) is 283 cm³/mol. The summed E-state index contributed by atoms with van der Waals surface area (Å²) in [5.41, 5.74) is 8.03. The molecule has 0 spiro atoms. The SMILES string of the molecule is CC.CCNc1ccc(C(=O)Nc2cc(C(=O)N3CCC(c4ccc(C#N)cn4)CC3)ccc2C)cn1.Cc1ccc(C(=O)N2CCC(c3ccc(C#N)cn3)CC2)cc1NC(=O)c1ccc(N2CCC2)nc1. The van der Waals surface area contributed by atoms with E-state index in [1.165, 1.54) is 12.6 Å². The number of benzene rings is 2. The number of nitrogens with zero attached hydrogens (tertiary/aromatic N) is 9. The number of pyridine rings is 4. The average molecular weight is 979 g/mol. The molecule has 6 aromatic rings. The lowest BCUT2D eigenvalue weighted by Gasteiger charge is -2.32. The molecule has 9 rings (SSSR count). The molecular weight excluding hydrogens is 917 g/mol. The standard InChI is InChI=1S/C28H28N6O2.C27H28N6O2.C2H6/c1-19-3-5-22(15-25(19)32-27(35)23-6-8-26(31-18-23)33-11-2-12-33)28(36)34-13-9-21(10-14-34)24-7-4-20(16-29)17-30-24;1-3-29-25-9-7-22(17-31-25)26(34)32-24-14-21(6-4-18(24)2)27(35)33-12-10-20(11-13-33)23-8-5-19(15-28)16-30-23;1-2/h3-8,15,17-18,21H,2,9-14H2,1H3,(H,32,35);4-9,14,16-17,20H,3,10-13H2,1-2H3,(H,29,31)(H,32,34);1-2H3. The maximum atomic E-state index is 13.2. The van der Waals surface area contributed by atoms with Crippen LogP contribution in [0.15, 0.2) is 110 Å². The van der Waals surface area contributed by atoms with Gasteiger partial charge in [-0.25, -0.2) is 9.97 Å². The molecule has 0 radical (unpaired) electrons. The predicted octanol–water partition coefficient (Wildman–Crippen LogP) is 9.53. The van der Waals surface area contributed by atoms with Crippen molar-refractivity contribution >= 4 is 46.6 Å². The van der Waals surface area contributed by atoms with Crippen LogP contribution >= 0.6 is 0 Å². The Bertz CT molecular complexity index is 2950. The van der Waals surface area contributed by atoms with Crippen LogP contribution < -0.4 is 20.9 Å². The monoisotopic (exact) mass is 979 g/mol. The Hall–Kier alpha value is -8.50. The average Bonchev–Trinajstić information content (AvgIpc) is 3.42. The molecule has 0 aliphatic carbocycles. The van der Waals surface area contributed by atoms with E-state index in [2.05, 4.69) is 52.9 Å². The summed E-state index contributed by atoms with van der Waals surface area (Å²) in [6, 6.07) is 29.5. The lowest BCUT2D eigenvalue weighted by Crippen LogP contribution is -2.38. The second-order valence-electron chi connectivity index (χ2n) is 18.0. The summed E-state index contributed by atoms with van der Waals surface area (Å²) in [6.07, 6.45) is 10.8. The number of aryl methyl sites for hydroxylation is 2. The van der Waals surface area contributed by atoms with E-state index in [0.717, 1.165) is 73.7 Å². The van der Waals surface area contributed by atoms with Crippen LogP contribution in [0.2, 0.25) is 0 Å². The Balaban J connectivity index is 0.000000207. The molecule has 4 amide bonds. The molecule has 73 heavy (non-hydrogen) atoms. The Morgan fingerprint density at radius 3 is 1.37 bits per heavy atom. The number of nitriles is 2. The number of carbonyl (C=O) groups excluding carboxylic acids is 4. The topological polar surface area (TPSA) is 213 Å². The minimum atomic E-state index is -0.274. The maximum Gasteiger partial charge on any atom is 0.257 e. The van der Waals surface area contributed by atoms with Crippen LogP contribution in [-0.4, -0.2) is 99.2 Å². The quantitative estimate of drug-likeness (QED) is 0.111. The normalized spacial score (nSPS) is 14.4. The maximum absolute atomic E-state index is 13.2. The van der Waals surface area contributed by atoms with E-state index in [4.69, 9.17) is 10.5 Å². The number of hydrogen-bond donors (Lipinski definition) is 3. The molecule has 16 nitrogen and oxygen atoms in total. The van der Waals surface area contributed by atoms with E-state index in [1.807, 2.05) is 80.8 Å². The number of carbonyl (C=O) groups is 4. The smallest absolute Gasteiger partial charge is 0.257 e. The van der Waals surface area contributed by atoms with Gasteiger partial charge in [-0.05, 0) is 137 Å². The zero-order chi connectivity index (χ0) is 51.9.